The molecule has 1 saturated carbocycles. The van der Waals surface area contributed by atoms with E-state index in [0.717, 1.165) is 24.5 Å². The average molecular weight is 395 g/mol. The molecule has 1 fully saturated rings. The number of nitro benzene ring substituents is 1. The number of carbonyl (C=O) groups is 2. The van der Waals surface area contributed by atoms with E-state index in [9.17, 15) is 19.7 Å². The van der Waals surface area contributed by atoms with Crippen LogP contribution >= 0.6 is 22.9 Å². The van der Waals surface area contributed by atoms with E-state index in [2.05, 4.69) is 5.32 Å². The molecule has 0 bridgehead atoms. The summed E-state index contributed by atoms with van der Waals surface area (Å²) in [5.41, 5.74) is 0.954. The Kier molecular flexibility index (Phi) is 5.24. The van der Waals surface area contributed by atoms with Crippen molar-refractivity contribution in [3.63, 3.8) is 0 Å². The monoisotopic (exact) mass is 394 g/mol. The van der Waals surface area contributed by atoms with Crippen molar-refractivity contribution in [3.05, 3.63) is 55.4 Å². The zero-order valence-corrected chi connectivity index (χ0v) is 15.4. The zero-order valence-electron chi connectivity index (χ0n) is 13.8. The summed E-state index contributed by atoms with van der Waals surface area (Å²) >= 11 is 7.24. The van der Waals surface area contributed by atoms with Crippen LogP contribution in [0.2, 0.25) is 5.02 Å². The highest BCUT2D eigenvalue weighted by Gasteiger charge is 2.32. The van der Waals surface area contributed by atoms with E-state index in [-0.39, 0.29) is 22.9 Å². The molecular weight excluding hydrogens is 380 g/mol. The smallest absolute Gasteiger partial charge is 0.341 e. The molecule has 0 spiro atoms. The van der Waals surface area contributed by atoms with Crippen molar-refractivity contribution in [1.82, 2.24) is 0 Å². The van der Waals surface area contributed by atoms with Gasteiger partial charge < -0.3 is 10.1 Å². The van der Waals surface area contributed by atoms with E-state index in [1.54, 1.807) is 6.92 Å². The lowest BCUT2D eigenvalue weighted by Gasteiger charge is -2.09. The van der Waals surface area contributed by atoms with Gasteiger partial charge in [-0.25, -0.2) is 4.79 Å². The number of anilines is 1. The van der Waals surface area contributed by atoms with Gasteiger partial charge in [0.15, 0.2) is 0 Å². The summed E-state index contributed by atoms with van der Waals surface area (Å²) in [5, 5.41) is 15.9. The molecule has 1 aromatic carbocycles. The fraction of sp³-hybridized carbons (Fsp3) is 0.294. The van der Waals surface area contributed by atoms with E-state index in [0.29, 0.717) is 16.5 Å². The van der Waals surface area contributed by atoms with Gasteiger partial charge in [0, 0.05) is 12.1 Å². The largest absolute Gasteiger partial charge is 0.462 e. The highest BCUT2D eigenvalue weighted by Crippen LogP contribution is 2.46. The van der Waals surface area contributed by atoms with Crippen LogP contribution in [0.1, 0.15) is 52.0 Å². The first-order chi connectivity index (χ1) is 12.4. The van der Waals surface area contributed by atoms with E-state index in [1.807, 2.05) is 5.38 Å². The van der Waals surface area contributed by atoms with E-state index < -0.39 is 16.8 Å². The Labute approximate surface area is 158 Å². The minimum Gasteiger partial charge on any atom is -0.462 e. The van der Waals surface area contributed by atoms with E-state index >= 15 is 0 Å². The number of amides is 1. The van der Waals surface area contributed by atoms with Gasteiger partial charge in [0.25, 0.3) is 11.6 Å². The molecule has 136 valence electrons. The SMILES string of the molecule is CCOC(=O)c1c(C2CC2)csc1NC(=O)c1cc([N+](=O)[O-])ccc1Cl. The Balaban J connectivity index is 1.91. The Morgan fingerprint density at radius 2 is 2.15 bits per heavy atom. The number of carbonyl (C=O) groups excluding carboxylic acids is 2. The fourth-order valence-corrected chi connectivity index (χ4v) is 3.77. The Hall–Kier alpha value is -2.45. The lowest BCUT2D eigenvalue weighted by molar-refractivity contribution is -0.384. The van der Waals surface area contributed by atoms with Crippen molar-refractivity contribution in [2.75, 3.05) is 11.9 Å². The summed E-state index contributed by atoms with van der Waals surface area (Å²) in [4.78, 5) is 35.2. The Bertz CT molecular complexity index is 891. The van der Waals surface area contributed by atoms with Crippen LogP contribution in [-0.4, -0.2) is 23.4 Å². The van der Waals surface area contributed by atoms with Crippen molar-refractivity contribution >= 4 is 45.5 Å². The number of non-ortho nitro benzene ring substituents is 1. The molecule has 26 heavy (non-hydrogen) atoms. The third-order valence-electron chi connectivity index (χ3n) is 3.95. The van der Waals surface area contributed by atoms with Gasteiger partial charge >= 0.3 is 5.97 Å². The first-order valence-corrected chi connectivity index (χ1v) is 9.22. The molecule has 0 radical (unpaired) electrons. The number of nitrogens with zero attached hydrogens (tertiary/aromatic N) is 1. The van der Waals surface area contributed by atoms with Gasteiger partial charge in [0.1, 0.15) is 5.00 Å². The van der Waals surface area contributed by atoms with Gasteiger partial charge in [-0.3, -0.25) is 14.9 Å². The maximum atomic E-state index is 12.6. The molecule has 1 aliphatic rings. The van der Waals surface area contributed by atoms with Gasteiger partial charge in [-0.15, -0.1) is 11.3 Å². The van der Waals surface area contributed by atoms with Crippen LogP contribution in [0.4, 0.5) is 10.7 Å². The van der Waals surface area contributed by atoms with Crippen LogP contribution in [0.15, 0.2) is 23.6 Å². The third-order valence-corrected chi connectivity index (χ3v) is 5.19. The van der Waals surface area contributed by atoms with Gasteiger partial charge in [0.05, 0.1) is 27.7 Å². The average Bonchev–Trinajstić information content (AvgIpc) is 3.36. The molecule has 1 aliphatic carbocycles. The number of nitrogens with one attached hydrogen (secondary N) is 1. The van der Waals surface area contributed by atoms with Crippen LogP contribution in [0, 0.1) is 10.1 Å². The molecule has 7 nitrogen and oxygen atoms in total. The predicted molar refractivity (Wildman–Crippen MR) is 98.3 cm³/mol. The number of hydrogen-bond donors (Lipinski definition) is 1. The second kappa shape index (κ2) is 7.43. The van der Waals surface area contributed by atoms with E-state index in [1.165, 1.54) is 23.5 Å². The van der Waals surface area contributed by atoms with Crippen molar-refractivity contribution in [2.24, 2.45) is 0 Å². The zero-order chi connectivity index (χ0) is 18.8. The normalized spacial score (nSPS) is 13.3. The fourth-order valence-electron chi connectivity index (χ4n) is 2.54. The molecule has 0 unspecified atom stereocenters. The second-order valence-electron chi connectivity index (χ2n) is 5.77. The van der Waals surface area contributed by atoms with Crippen molar-refractivity contribution < 1.29 is 19.2 Å². The number of esters is 1. The van der Waals surface area contributed by atoms with Crippen molar-refractivity contribution in [1.29, 1.82) is 0 Å². The van der Waals surface area contributed by atoms with Gasteiger partial charge in [-0.05, 0) is 42.7 Å². The van der Waals surface area contributed by atoms with Crippen LogP contribution in [-0.2, 0) is 4.74 Å². The summed E-state index contributed by atoms with van der Waals surface area (Å²) in [7, 11) is 0. The highest BCUT2D eigenvalue weighted by atomic mass is 35.5. The summed E-state index contributed by atoms with van der Waals surface area (Å²) < 4.78 is 5.11. The van der Waals surface area contributed by atoms with Crippen LogP contribution in [0.3, 0.4) is 0 Å². The number of thiophene rings is 1. The standard InChI is InChI=1S/C17H15ClN2O5S/c1-2-25-17(22)14-12(9-3-4-9)8-26-16(14)19-15(21)11-7-10(20(23)24)5-6-13(11)18/h5-9H,2-4H2,1H3,(H,19,21). The summed E-state index contributed by atoms with van der Waals surface area (Å²) in [5.74, 6) is -0.803. The van der Waals surface area contributed by atoms with Crippen LogP contribution < -0.4 is 5.32 Å². The molecule has 1 aromatic heterocycles. The lowest BCUT2D eigenvalue weighted by atomic mass is 10.1. The lowest BCUT2D eigenvalue weighted by Crippen LogP contribution is -2.15. The molecule has 1 amide bonds. The number of benzene rings is 1. The third kappa shape index (κ3) is 3.71. The molecule has 1 N–H and O–H groups in total. The van der Waals surface area contributed by atoms with Crippen LogP contribution in [0.25, 0.3) is 0 Å². The van der Waals surface area contributed by atoms with Gasteiger partial charge in [0.2, 0.25) is 0 Å². The van der Waals surface area contributed by atoms with Gasteiger partial charge in [-0.1, -0.05) is 11.6 Å². The number of nitro groups is 1. The Morgan fingerprint density at radius 1 is 1.42 bits per heavy atom. The molecule has 0 saturated heterocycles. The highest BCUT2D eigenvalue weighted by molar-refractivity contribution is 7.15. The quantitative estimate of drug-likeness (QED) is 0.438. The summed E-state index contributed by atoms with van der Waals surface area (Å²) in [6.07, 6.45) is 1.99. The molecule has 0 atom stereocenters. The number of ether oxygens (including phenoxy) is 1. The number of halogens is 1. The van der Waals surface area contributed by atoms with E-state index in [4.69, 9.17) is 16.3 Å². The molecule has 1 heterocycles. The minimum absolute atomic E-state index is 0.0305. The molecule has 2 aromatic rings. The predicted octanol–water partition coefficient (Wildman–Crippen LogP) is 4.62. The maximum absolute atomic E-state index is 12.6. The minimum atomic E-state index is -0.617. The Morgan fingerprint density at radius 3 is 2.77 bits per heavy atom. The molecule has 3 rings (SSSR count). The maximum Gasteiger partial charge on any atom is 0.341 e. The van der Waals surface area contributed by atoms with Crippen molar-refractivity contribution in [3.8, 4) is 0 Å². The molecule has 0 aliphatic heterocycles. The molecule has 9 heteroatoms. The first-order valence-electron chi connectivity index (χ1n) is 7.96. The topological polar surface area (TPSA) is 98.5 Å². The first kappa shape index (κ1) is 18.3. The summed E-state index contributed by atoms with van der Waals surface area (Å²) in [6.45, 7) is 1.94. The van der Waals surface area contributed by atoms with Crippen LogP contribution in [0.5, 0.6) is 0 Å². The molecular formula is C17H15ClN2O5S. The summed E-state index contributed by atoms with van der Waals surface area (Å²) in [6, 6.07) is 3.63. The number of rotatable bonds is 6. The second-order valence-corrected chi connectivity index (χ2v) is 7.05. The number of hydrogen-bond acceptors (Lipinski definition) is 6. The van der Waals surface area contributed by atoms with Crippen molar-refractivity contribution in [2.45, 2.75) is 25.7 Å². The van der Waals surface area contributed by atoms with Gasteiger partial charge in [-0.2, -0.15) is 0 Å².